The Balaban J connectivity index is 1.61. The molecule has 1 N–H and O–H groups in total. The van der Waals surface area contributed by atoms with Crippen LogP contribution in [0, 0.1) is 12.8 Å². The van der Waals surface area contributed by atoms with E-state index in [0.717, 1.165) is 28.3 Å². The maximum Gasteiger partial charge on any atom is 0.336 e. The van der Waals surface area contributed by atoms with Gasteiger partial charge in [0.15, 0.2) is 0 Å². The van der Waals surface area contributed by atoms with Gasteiger partial charge in [-0.15, -0.1) is 11.3 Å². The summed E-state index contributed by atoms with van der Waals surface area (Å²) in [4.78, 5) is 28.2. The Hall–Kier alpha value is -2.66. The Morgan fingerprint density at radius 3 is 2.66 bits per heavy atom. The largest absolute Gasteiger partial charge is 0.462 e. The average Bonchev–Trinajstić information content (AvgIpc) is 3.14. The molecule has 1 aliphatic carbocycles. The second kappa shape index (κ2) is 8.37. The van der Waals surface area contributed by atoms with Gasteiger partial charge in [0.1, 0.15) is 5.78 Å². The van der Waals surface area contributed by atoms with Crippen molar-refractivity contribution in [3.05, 3.63) is 80.8 Å². The summed E-state index contributed by atoms with van der Waals surface area (Å²) in [6.07, 6.45) is 4.03. The molecule has 150 valence electrons. The number of hydrogen-bond acceptors (Lipinski definition) is 5. The van der Waals surface area contributed by atoms with E-state index >= 15 is 0 Å². The first-order valence-electron chi connectivity index (χ1n) is 10.0. The average molecular weight is 408 g/mol. The number of fused-ring (bicyclic) bond motifs is 1. The minimum atomic E-state index is -0.334. The van der Waals surface area contributed by atoms with Crippen molar-refractivity contribution in [2.45, 2.75) is 39.0 Å². The number of aryl methyl sites for hydroxylation is 1. The van der Waals surface area contributed by atoms with Crippen LogP contribution >= 0.6 is 11.3 Å². The van der Waals surface area contributed by atoms with Crippen LogP contribution in [0.15, 0.2) is 65.5 Å². The van der Waals surface area contributed by atoms with Crippen molar-refractivity contribution in [2.24, 2.45) is 5.92 Å². The number of Topliss-reactive ketones (excluding diaryl/α,β-unsaturated/α-hetero) is 1. The third-order valence-electron chi connectivity index (χ3n) is 5.57. The van der Waals surface area contributed by atoms with Gasteiger partial charge in [-0.2, -0.15) is 0 Å². The van der Waals surface area contributed by atoms with Crippen LogP contribution in [0.5, 0.6) is 0 Å². The van der Waals surface area contributed by atoms with Crippen LogP contribution in [0.2, 0.25) is 0 Å². The zero-order valence-corrected chi connectivity index (χ0v) is 17.6. The lowest BCUT2D eigenvalue weighted by atomic mass is 9.73. The third kappa shape index (κ3) is 4.06. The first-order valence-corrected chi connectivity index (χ1v) is 10.8. The van der Waals surface area contributed by atoms with E-state index in [-0.39, 0.29) is 23.6 Å². The first kappa shape index (κ1) is 19.6. The number of carbonyl (C=O) groups is 2. The summed E-state index contributed by atoms with van der Waals surface area (Å²) in [6.45, 7) is 4.26. The van der Waals surface area contributed by atoms with Crippen LogP contribution < -0.4 is 5.32 Å². The Labute approximate surface area is 175 Å². The van der Waals surface area contributed by atoms with E-state index in [4.69, 9.17) is 4.74 Å². The minimum Gasteiger partial charge on any atom is -0.462 e. The van der Waals surface area contributed by atoms with Crippen molar-refractivity contribution < 1.29 is 14.3 Å². The lowest BCUT2D eigenvalue weighted by Gasteiger charge is -2.37. The first-order chi connectivity index (χ1) is 14.0. The quantitative estimate of drug-likeness (QED) is 0.732. The Morgan fingerprint density at radius 2 is 1.93 bits per heavy atom. The molecule has 2 aromatic rings. The highest BCUT2D eigenvalue weighted by Gasteiger charge is 2.43. The molecule has 29 heavy (non-hydrogen) atoms. The van der Waals surface area contributed by atoms with Gasteiger partial charge in [-0.3, -0.25) is 4.79 Å². The van der Waals surface area contributed by atoms with Crippen molar-refractivity contribution in [2.75, 3.05) is 6.61 Å². The number of benzene rings is 1. The maximum atomic E-state index is 13.1. The van der Waals surface area contributed by atoms with Gasteiger partial charge in [0.25, 0.3) is 0 Å². The zero-order chi connectivity index (χ0) is 20.4. The van der Waals surface area contributed by atoms with Crippen LogP contribution in [0.1, 0.15) is 41.0 Å². The molecular formula is C24H25NO3S. The van der Waals surface area contributed by atoms with Crippen LogP contribution in [0.4, 0.5) is 0 Å². The molecule has 4 nitrogen and oxygen atoms in total. The molecule has 1 aromatic carbocycles. The second-order valence-corrected chi connectivity index (χ2v) is 8.92. The van der Waals surface area contributed by atoms with E-state index in [1.54, 1.807) is 11.3 Å². The highest BCUT2D eigenvalue weighted by molar-refractivity contribution is 7.12. The molecule has 0 amide bonds. The van der Waals surface area contributed by atoms with Crippen molar-refractivity contribution in [1.82, 2.24) is 5.32 Å². The smallest absolute Gasteiger partial charge is 0.336 e. The summed E-state index contributed by atoms with van der Waals surface area (Å²) < 4.78 is 5.67. The van der Waals surface area contributed by atoms with Gasteiger partial charge >= 0.3 is 5.97 Å². The van der Waals surface area contributed by atoms with Crippen molar-refractivity contribution in [3.8, 4) is 0 Å². The normalized spacial score (nSPS) is 21.3. The van der Waals surface area contributed by atoms with Crippen LogP contribution in [0.3, 0.4) is 0 Å². The highest BCUT2D eigenvalue weighted by Crippen LogP contribution is 2.45. The molecule has 0 spiro atoms. The summed E-state index contributed by atoms with van der Waals surface area (Å²) >= 11 is 1.65. The molecule has 0 bridgehead atoms. The van der Waals surface area contributed by atoms with Crippen molar-refractivity contribution >= 4 is 23.1 Å². The molecule has 0 saturated heterocycles. The molecule has 1 aromatic heterocycles. The van der Waals surface area contributed by atoms with E-state index in [1.807, 2.05) is 56.3 Å². The predicted molar refractivity (Wildman–Crippen MR) is 115 cm³/mol. The fourth-order valence-corrected chi connectivity index (χ4v) is 5.22. The highest BCUT2D eigenvalue weighted by atomic mass is 32.1. The Kier molecular flexibility index (Phi) is 5.67. The molecule has 2 unspecified atom stereocenters. The SMILES string of the molecule is CC1=C(C(=O)OCCc2ccccc2)C(c2ccc(C)s2)C2C(=O)CCC=C2N1. The molecule has 0 fully saturated rings. The van der Waals surface area contributed by atoms with Gasteiger partial charge in [-0.25, -0.2) is 4.79 Å². The van der Waals surface area contributed by atoms with E-state index in [9.17, 15) is 9.59 Å². The second-order valence-electron chi connectivity index (χ2n) is 7.60. The minimum absolute atomic E-state index is 0.188. The Morgan fingerprint density at radius 1 is 1.14 bits per heavy atom. The van der Waals surface area contributed by atoms with Gasteiger partial charge in [-0.1, -0.05) is 36.4 Å². The third-order valence-corrected chi connectivity index (χ3v) is 6.66. The van der Waals surface area contributed by atoms with E-state index in [0.29, 0.717) is 25.0 Å². The number of thiophene rings is 1. The molecule has 0 saturated carbocycles. The predicted octanol–water partition coefficient (Wildman–Crippen LogP) is 4.67. The lowest BCUT2D eigenvalue weighted by Crippen LogP contribution is -2.40. The molecule has 2 atom stereocenters. The summed E-state index contributed by atoms with van der Waals surface area (Å²) in [5.41, 5.74) is 3.42. The molecule has 2 aliphatic rings. The summed E-state index contributed by atoms with van der Waals surface area (Å²) in [5.74, 6) is -0.757. The number of rotatable bonds is 5. The number of ketones is 1. The van der Waals surface area contributed by atoms with E-state index in [1.165, 1.54) is 4.88 Å². The van der Waals surface area contributed by atoms with Crippen molar-refractivity contribution in [3.63, 3.8) is 0 Å². The number of nitrogens with one attached hydrogen (secondary N) is 1. The van der Waals surface area contributed by atoms with Crippen LogP contribution in [-0.4, -0.2) is 18.4 Å². The number of esters is 1. The van der Waals surface area contributed by atoms with Gasteiger partial charge in [0.2, 0.25) is 0 Å². The number of ether oxygens (including phenoxy) is 1. The zero-order valence-electron chi connectivity index (χ0n) is 16.7. The number of carbonyl (C=O) groups excluding carboxylic acids is 2. The molecule has 1 aliphatic heterocycles. The number of hydrogen-bond donors (Lipinski definition) is 1. The number of allylic oxidation sites excluding steroid dienone is 3. The van der Waals surface area contributed by atoms with Gasteiger partial charge in [0, 0.05) is 39.9 Å². The van der Waals surface area contributed by atoms with Crippen molar-refractivity contribution in [1.29, 1.82) is 0 Å². The van der Waals surface area contributed by atoms with E-state index in [2.05, 4.69) is 11.4 Å². The van der Waals surface area contributed by atoms with Gasteiger partial charge in [0.05, 0.1) is 18.1 Å². The summed E-state index contributed by atoms with van der Waals surface area (Å²) in [6, 6.07) is 14.1. The van der Waals surface area contributed by atoms with Gasteiger partial charge in [-0.05, 0) is 38.0 Å². The van der Waals surface area contributed by atoms with Gasteiger partial charge < -0.3 is 10.1 Å². The maximum absolute atomic E-state index is 13.1. The Bertz CT molecular complexity index is 987. The molecule has 0 radical (unpaired) electrons. The monoisotopic (exact) mass is 407 g/mol. The lowest BCUT2D eigenvalue weighted by molar-refractivity contribution is -0.139. The molecule has 2 heterocycles. The summed E-state index contributed by atoms with van der Waals surface area (Å²) in [5, 5.41) is 3.32. The fraction of sp³-hybridized carbons (Fsp3) is 0.333. The molecular weight excluding hydrogens is 382 g/mol. The molecule has 5 heteroatoms. The fourth-order valence-electron chi connectivity index (χ4n) is 4.19. The van der Waals surface area contributed by atoms with E-state index < -0.39 is 0 Å². The van der Waals surface area contributed by atoms with Crippen LogP contribution in [0.25, 0.3) is 0 Å². The standard InChI is InChI=1S/C24H25NO3S/c1-15-11-12-20(29-15)23-21(16(2)25-18-9-6-10-19(26)22(18)23)24(27)28-14-13-17-7-4-3-5-8-17/h3-5,7-9,11-12,22-23,25H,6,10,13-14H2,1-2H3. The molecule has 4 rings (SSSR count). The van der Waals surface area contributed by atoms with Crippen LogP contribution in [-0.2, 0) is 20.7 Å². The summed E-state index contributed by atoms with van der Waals surface area (Å²) in [7, 11) is 0. The topological polar surface area (TPSA) is 55.4 Å².